The average Bonchev–Trinajstić information content (AvgIpc) is 3.03. The zero-order valence-corrected chi connectivity index (χ0v) is 14.3. The maximum atomic E-state index is 12.2. The lowest BCUT2D eigenvalue weighted by Gasteiger charge is -2.24. The van der Waals surface area contributed by atoms with E-state index in [1.807, 2.05) is 27.0 Å². The molecule has 1 aliphatic rings. The number of nitrogens with zero attached hydrogens (tertiary/aromatic N) is 2. The lowest BCUT2D eigenvalue weighted by molar-refractivity contribution is -0.152. The Hall–Kier alpha value is -1.63. The third-order valence-corrected chi connectivity index (χ3v) is 5.30. The number of hydrogen-bond acceptors (Lipinski definition) is 5. The summed E-state index contributed by atoms with van der Waals surface area (Å²) in [5, 5.41) is 3.92. The number of carbonyl (C=O) groups excluding carboxylic acids is 2. The Kier molecular flexibility index (Phi) is 5.05. The smallest absolute Gasteiger partial charge is 0.317 e. The number of aryl methyl sites for hydroxylation is 1. The molecule has 2 rings (SSSR count). The zero-order valence-electron chi connectivity index (χ0n) is 13.5. The van der Waals surface area contributed by atoms with Crippen LogP contribution < -0.4 is 5.32 Å². The van der Waals surface area contributed by atoms with E-state index in [4.69, 9.17) is 4.74 Å². The number of urea groups is 1. The van der Waals surface area contributed by atoms with Crippen molar-refractivity contribution in [1.29, 1.82) is 0 Å². The van der Waals surface area contributed by atoms with Gasteiger partial charge in [0.2, 0.25) is 0 Å². The summed E-state index contributed by atoms with van der Waals surface area (Å²) in [5.74, 6) is -0.180. The van der Waals surface area contributed by atoms with E-state index in [0.29, 0.717) is 19.6 Å². The van der Waals surface area contributed by atoms with Crippen LogP contribution in [0.25, 0.3) is 0 Å². The Morgan fingerprint density at radius 2 is 2.32 bits per heavy atom. The van der Waals surface area contributed by atoms with Crippen LogP contribution in [0.5, 0.6) is 0 Å². The van der Waals surface area contributed by atoms with Crippen molar-refractivity contribution in [2.75, 3.05) is 26.7 Å². The van der Waals surface area contributed by atoms with Crippen LogP contribution in [0.3, 0.4) is 0 Å². The molecular weight excluding hydrogens is 302 g/mol. The van der Waals surface area contributed by atoms with Gasteiger partial charge in [0.05, 0.1) is 17.5 Å². The van der Waals surface area contributed by atoms with E-state index >= 15 is 0 Å². The van der Waals surface area contributed by atoms with Crippen LogP contribution in [0.1, 0.15) is 23.7 Å². The lowest BCUT2D eigenvalue weighted by Crippen LogP contribution is -2.42. The molecule has 2 heterocycles. The molecule has 0 unspecified atom stereocenters. The Labute approximate surface area is 134 Å². The van der Waals surface area contributed by atoms with Gasteiger partial charge in [-0.25, -0.2) is 9.78 Å². The summed E-state index contributed by atoms with van der Waals surface area (Å²) in [6, 6.07) is -0.132. The normalized spacial score (nSPS) is 24.4. The summed E-state index contributed by atoms with van der Waals surface area (Å²) >= 11 is 1.64. The van der Waals surface area contributed by atoms with Crippen molar-refractivity contribution in [3.05, 3.63) is 16.1 Å². The van der Waals surface area contributed by atoms with Gasteiger partial charge in [-0.15, -0.1) is 11.3 Å². The maximum Gasteiger partial charge on any atom is 0.317 e. The summed E-state index contributed by atoms with van der Waals surface area (Å²) in [6.07, 6.45) is 2.56. The molecule has 0 aliphatic carbocycles. The van der Waals surface area contributed by atoms with Gasteiger partial charge < -0.3 is 15.0 Å². The molecule has 122 valence electrons. The number of carbonyl (C=O) groups is 2. The molecule has 1 aromatic rings. The van der Waals surface area contributed by atoms with Gasteiger partial charge in [-0.05, 0) is 19.8 Å². The number of esters is 1. The number of nitrogens with one attached hydrogen (secondary N) is 1. The van der Waals surface area contributed by atoms with E-state index in [1.165, 1.54) is 12.0 Å². The van der Waals surface area contributed by atoms with Gasteiger partial charge in [0, 0.05) is 37.1 Å². The molecule has 0 spiro atoms. The van der Waals surface area contributed by atoms with E-state index in [2.05, 4.69) is 10.3 Å². The Bertz CT molecular complexity index is 560. The molecule has 7 heteroatoms. The standard InChI is InChI=1S/C15H23N3O3S/c1-10-8-18(9-15(10,3)13(19)21-4)14(20)16-6-5-12-17-7-11(2)22-12/h7,10H,5-6,8-9H2,1-4H3,(H,16,20)/t10-,15-/m1/s1. The molecule has 1 saturated heterocycles. The first-order chi connectivity index (χ1) is 10.4. The number of amides is 2. The second-order valence-electron chi connectivity index (χ2n) is 6.04. The first-order valence-corrected chi connectivity index (χ1v) is 8.21. The maximum absolute atomic E-state index is 12.2. The van der Waals surface area contributed by atoms with Crippen molar-refractivity contribution < 1.29 is 14.3 Å². The molecule has 1 aromatic heterocycles. The molecule has 2 atom stereocenters. The fourth-order valence-electron chi connectivity index (χ4n) is 2.71. The number of likely N-dealkylation sites (tertiary alicyclic amines) is 1. The van der Waals surface area contributed by atoms with Gasteiger partial charge in [-0.2, -0.15) is 0 Å². The van der Waals surface area contributed by atoms with E-state index < -0.39 is 5.41 Å². The second-order valence-corrected chi connectivity index (χ2v) is 7.36. The summed E-state index contributed by atoms with van der Waals surface area (Å²) in [6.45, 7) is 7.35. The van der Waals surface area contributed by atoms with Gasteiger partial charge >= 0.3 is 12.0 Å². The average molecular weight is 325 g/mol. The number of ether oxygens (including phenoxy) is 1. The predicted molar refractivity (Wildman–Crippen MR) is 84.8 cm³/mol. The van der Waals surface area contributed by atoms with Crippen molar-refractivity contribution in [1.82, 2.24) is 15.2 Å². The van der Waals surface area contributed by atoms with Crippen LogP contribution in [0.2, 0.25) is 0 Å². The summed E-state index contributed by atoms with van der Waals surface area (Å²) in [5.41, 5.74) is -0.626. The highest BCUT2D eigenvalue weighted by atomic mass is 32.1. The molecule has 1 aliphatic heterocycles. The van der Waals surface area contributed by atoms with Crippen LogP contribution in [-0.2, 0) is 16.0 Å². The predicted octanol–water partition coefficient (Wildman–Crippen LogP) is 1.83. The quantitative estimate of drug-likeness (QED) is 0.857. The Balaban J connectivity index is 1.85. The van der Waals surface area contributed by atoms with Crippen molar-refractivity contribution in [2.24, 2.45) is 11.3 Å². The van der Waals surface area contributed by atoms with Gasteiger partial charge in [-0.3, -0.25) is 4.79 Å². The fraction of sp³-hybridized carbons (Fsp3) is 0.667. The largest absolute Gasteiger partial charge is 0.469 e. The third-order valence-electron chi connectivity index (χ3n) is 4.32. The first kappa shape index (κ1) is 16.7. The second kappa shape index (κ2) is 6.64. The monoisotopic (exact) mass is 325 g/mol. The molecule has 0 saturated carbocycles. The summed E-state index contributed by atoms with van der Waals surface area (Å²) in [4.78, 5) is 31.3. The fourth-order valence-corrected chi connectivity index (χ4v) is 3.49. The Morgan fingerprint density at radius 3 is 2.91 bits per heavy atom. The number of thiazole rings is 1. The molecule has 1 fully saturated rings. The van der Waals surface area contributed by atoms with E-state index in [0.717, 1.165) is 11.4 Å². The number of methoxy groups -OCH3 is 1. The molecule has 2 amide bonds. The van der Waals surface area contributed by atoms with Gasteiger partial charge in [0.25, 0.3) is 0 Å². The molecule has 6 nitrogen and oxygen atoms in total. The summed E-state index contributed by atoms with van der Waals surface area (Å²) < 4.78 is 4.87. The highest BCUT2D eigenvalue weighted by Gasteiger charge is 2.48. The van der Waals surface area contributed by atoms with Crippen molar-refractivity contribution in [3.8, 4) is 0 Å². The van der Waals surface area contributed by atoms with E-state index in [9.17, 15) is 9.59 Å². The molecule has 1 N–H and O–H groups in total. The van der Waals surface area contributed by atoms with Crippen molar-refractivity contribution in [3.63, 3.8) is 0 Å². The SMILES string of the molecule is COC(=O)[C@]1(C)CN(C(=O)NCCc2ncc(C)s2)C[C@H]1C. The number of hydrogen-bond donors (Lipinski definition) is 1. The zero-order chi connectivity index (χ0) is 16.3. The molecule has 0 bridgehead atoms. The highest BCUT2D eigenvalue weighted by molar-refractivity contribution is 7.11. The van der Waals surface area contributed by atoms with Crippen LogP contribution >= 0.6 is 11.3 Å². The highest BCUT2D eigenvalue weighted by Crippen LogP contribution is 2.36. The topological polar surface area (TPSA) is 71.5 Å². The van der Waals surface area contributed by atoms with Crippen molar-refractivity contribution >= 4 is 23.3 Å². The van der Waals surface area contributed by atoms with Crippen LogP contribution in [0, 0.1) is 18.3 Å². The van der Waals surface area contributed by atoms with Crippen LogP contribution in [0.4, 0.5) is 4.79 Å². The number of aromatic nitrogens is 1. The van der Waals surface area contributed by atoms with Gasteiger partial charge in [-0.1, -0.05) is 6.92 Å². The van der Waals surface area contributed by atoms with Crippen LogP contribution in [-0.4, -0.2) is 48.6 Å². The summed E-state index contributed by atoms with van der Waals surface area (Å²) in [7, 11) is 1.39. The molecular formula is C15H23N3O3S. The van der Waals surface area contributed by atoms with Crippen LogP contribution in [0.15, 0.2) is 6.20 Å². The minimum atomic E-state index is -0.626. The van der Waals surface area contributed by atoms with E-state index in [1.54, 1.807) is 16.2 Å². The molecule has 0 aromatic carbocycles. The van der Waals surface area contributed by atoms with E-state index in [-0.39, 0.29) is 17.9 Å². The minimum absolute atomic E-state index is 0.0762. The third kappa shape index (κ3) is 3.40. The molecule has 22 heavy (non-hydrogen) atoms. The minimum Gasteiger partial charge on any atom is -0.469 e. The number of rotatable bonds is 4. The van der Waals surface area contributed by atoms with Crippen molar-refractivity contribution in [2.45, 2.75) is 27.2 Å². The molecule has 0 radical (unpaired) electrons. The lowest BCUT2D eigenvalue weighted by atomic mass is 9.81. The van der Waals surface area contributed by atoms with Gasteiger partial charge in [0.15, 0.2) is 0 Å². The van der Waals surface area contributed by atoms with Gasteiger partial charge in [0.1, 0.15) is 0 Å². The Morgan fingerprint density at radius 1 is 1.59 bits per heavy atom. The first-order valence-electron chi connectivity index (χ1n) is 7.39.